The summed E-state index contributed by atoms with van der Waals surface area (Å²) in [5.74, 6) is 1.62. The summed E-state index contributed by atoms with van der Waals surface area (Å²) in [6.45, 7) is 2.43. The van der Waals surface area contributed by atoms with Gasteiger partial charge in [-0.1, -0.05) is 49.0 Å². The smallest absolute Gasteiger partial charge is 0.267 e. The van der Waals surface area contributed by atoms with E-state index in [-0.39, 0.29) is 24.3 Å². The third kappa shape index (κ3) is 4.14. The predicted octanol–water partition coefficient (Wildman–Crippen LogP) is 4.49. The monoisotopic (exact) mass is 520 g/mol. The Labute approximate surface area is 217 Å². The number of ether oxygens (including phenoxy) is 2. The molecule has 2 aromatic heterocycles. The van der Waals surface area contributed by atoms with Gasteiger partial charge >= 0.3 is 0 Å². The fourth-order valence-corrected chi connectivity index (χ4v) is 6.04. The Balaban J connectivity index is 1.36. The number of nitrogens with zero attached hydrogens (tertiary/aromatic N) is 3. The first-order valence-electron chi connectivity index (χ1n) is 11.9. The highest BCUT2D eigenvalue weighted by molar-refractivity contribution is 8.26. The molecule has 2 aliphatic heterocycles. The third-order valence-electron chi connectivity index (χ3n) is 6.71. The molecule has 6 rings (SSSR count). The minimum atomic E-state index is -0.233. The molecule has 1 N–H and O–H groups in total. The molecule has 3 aromatic rings. The van der Waals surface area contributed by atoms with Gasteiger partial charge in [0.15, 0.2) is 11.5 Å². The molecule has 8 nitrogen and oxygen atoms in total. The maximum absolute atomic E-state index is 13.6. The van der Waals surface area contributed by atoms with E-state index in [1.807, 2.05) is 37.3 Å². The van der Waals surface area contributed by atoms with Crippen LogP contribution in [-0.4, -0.2) is 37.3 Å². The maximum Gasteiger partial charge on any atom is 0.267 e. The second-order valence-electron chi connectivity index (χ2n) is 9.15. The van der Waals surface area contributed by atoms with E-state index < -0.39 is 0 Å². The summed E-state index contributed by atoms with van der Waals surface area (Å²) in [6.07, 6.45) is 7.71. The van der Waals surface area contributed by atoms with Gasteiger partial charge in [-0.2, -0.15) is 0 Å². The highest BCUT2D eigenvalue weighted by atomic mass is 32.2. The van der Waals surface area contributed by atoms with Crippen molar-refractivity contribution in [1.82, 2.24) is 14.3 Å². The van der Waals surface area contributed by atoms with Crippen LogP contribution in [0.15, 0.2) is 46.2 Å². The number of hydrogen-bond acceptors (Lipinski definition) is 8. The number of hydrogen-bond donors (Lipinski definition) is 1. The van der Waals surface area contributed by atoms with Crippen LogP contribution in [0.2, 0.25) is 0 Å². The summed E-state index contributed by atoms with van der Waals surface area (Å²) in [5, 5.41) is 3.48. The standard InChI is InChI=1S/C26H24N4O4S2/c1-15-5-4-10-29-23(15)28-22(27-17-6-2-3-7-17)18(24(29)31)12-21-25(32)30(26(35)36-21)13-16-8-9-19-20(11-16)34-14-33-19/h4-5,8-12,17,27H,2-3,6-7,13-14H2,1H3. The van der Waals surface area contributed by atoms with Crippen LogP contribution in [-0.2, 0) is 11.3 Å². The number of rotatable bonds is 5. The number of aromatic nitrogens is 2. The number of amides is 1. The van der Waals surface area contributed by atoms with Gasteiger partial charge in [-0.3, -0.25) is 18.9 Å². The van der Waals surface area contributed by atoms with Crippen LogP contribution in [0, 0.1) is 6.92 Å². The molecule has 10 heteroatoms. The summed E-state index contributed by atoms with van der Waals surface area (Å²) in [6, 6.07) is 9.59. The minimum absolute atomic E-state index is 0.189. The lowest BCUT2D eigenvalue weighted by molar-refractivity contribution is -0.122. The molecule has 1 aromatic carbocycles. The minimum Gasteiger partial charge on any atom is -0.454 e. The average molecular weight is 521 g/mol. The van der Waals surface area contributed by atoms with E-state index in [9.17, 15) is 9.59 Å². The fraction of sp³-hybridized carbons (Fsp3) is 0.308. The summed E-state index contributed by atoms with van der Waals surface area (Å²) in [7, 11) is 0. The number of thiocarbonyl (C=S) groups is 1. The molecule has 1 saturated carbocycles. The molecule has 1 aliphatic carbocycles. The number of carbonyl (C=O) groups is 1. The Hall–Kier alpha value is -3.37. The van der Waals surface area contributed by atoms with Crippen molar-refractivity contribution < 1.29 is 14.3 Å². The van der Waals surface area contributed by atoms with E-state index in [2.05, 4.69) is 5.32 Å². The summed E-state index contributed by atoms with van der Waals surface area (Å²) in [5.41, 5.74) is 2.54. The van der Waals surface area contributed by atoms with Crippen molar-refractivity contribution in [1.29, 1.82) is 0 Å². The van der Waals surface area contributed by atoms with Crippen LogP contribution in [0.4, 0.5) is 5.82 Å². The first kappa shape index (κ1) is 23.1. The zero-order valence-electron chi connectivity index (χ0n) is 19.7. The molecule has 1 amide bonds. The summed E-state index contributed by atoms with van der Waals surface area (Å²) < 4.78 is 12.8. The van der Waals surface area contributed by atoms with Crippen molar-refractivity contribution in [3.05, 3.63) is 68.5 Å². The van der Waals surface area contributed by atoms with E-state index in [0.29, 0.717) is 44.3 Å². The van der Waals surface area contributed by atoms with Gasteiger partial charge in [-0.15, -0.1) is 0 Å². The van der Waals surface area contributed by atoms with E-state index in [4.69, 9.17) is 26.7 Å². The highest BCUT2D eigenvalue weighted by Crippen LogP contribution is 2.37. The lowest BCUT2D eigenvalue weighted by Crippen LogP contribution is -2.27. The molecule has 0 unspecified atom stereocenters. The van der Waals surface area contributed by atoms with Crippen LogP contribution in [0.25, 0.3) is 11.7 Å². The van der Waals surface area contributed by atoms with E-state index in [0.717, 1.165) is 36.8 Å². The second kappa shape index (κ2) is 9.25. The number of nitrogens with one attached hydrogen (secondary N) is 1. The third-order valence-corrected chi connectivity index (χ3v) is 8.08. The first-order chi connectivity index (χ1) is 17.5. The van der Waals surface area contributed by atoms with E-state index >= 15 is 0 Å². The van der Waals surface area contributed by atoms with Crippen LogP contribution in [0.1, 0.15) is 42.4 Å². The molecule has 0 atom stereocenters. The zero-order valence-corrected chi connectivity index (χ0v) is 21.3. The van der Waals surface area contributed by atoms with Gasteiger partial charge in [-0.05, 0) is 55.2 Å². The Kier molecular flexibility index (Phi) is 5.93. The number of aryl methyl sites for hydroxylation is 1. The van der Waals surface area contributed by atoms with Gasteiger partial charge in [0.25, 0.3) is 11.5 Å². The van der Waals surface area contributed by atoms with Gasteiger partial charge in [0.05, 0.1) is 17.0 Å². The number of fused-ring (bicyclic) bond motifs is 2. The number of benzene rings is 1. The normalized spacial score (nSPS) is 18.7. The van der Waals surface area contributed by atoms with Crippen molar-refractivity contribution in [2.24, 2.45) is 0 Å². The molecule has 3 aliphatic rings. The Morgan fingerprint density at radius 2 is 2.00 bits per heavy atom. The SMILES string of the molecule is Cc1cccn2c(=O)c(C=C3SC(=S)N(Cc4ccc5c(c4)OCO5)C3=O)c(NC3CCCC3)nc12. The molecular weight excluding hydrogens is 496 g/mol. The average Bonchev–Trinajstić information content (AvgIpc) is 3.60. The molecule has 4 heterocycles. The maximum atomic E-state index is 13.6. The molecule has 0 radical (unpaired) electrons. The quantitative estimate of drug-likeness (QED) is 0.389. The summed E-state index contributed by atoms with van der Waals surface area (Å²) in [4.78, 5) is 33.7. The second-order valence-corrected chi connectivity index (χ2v) is 10.8. The van der Waals surface area contributed by atoms with Crippen molar-refractivity contribution in [2.75, 3.05) is 12.1 Å². The topological polar surface area (TPSA) is 85.2 Å². The zero-order chi connectivity index (χ0) is 24.8. The molecule has 36 heavy (non-hydrogen) atoms. The lowest BCUT2D eigenvalue weighted by Gasteiger charge is -2.16. The molecule has 2 fully saturated rings. The van der Waals surface area contributed by atoms with Gasteiger partial charge in [0.1, 0.15) is 15.8 Å². The van der Waals surface area contributed by atoms with Crippen LogP contribution in [0.3, 0.4) is 0 Å². The number of carbonyl (C=O) groups excluding carboxylic acids is 1. The van der Waals surface area contributed by atoms with Gasteiger partial charge in [-0.25, -0.2) is 4.98 Å². The summed E-state index contributed by atoms with van der Waals surface area (Å²) >= 11 is 6.74. The van der Waals surface area contributed by atoms with Crippen molar-refractivity contribution in [3.63, 3.8) is 0 Å². The van der Waals surface area contributed by atoms with Crippen molar-refractivity contribution in [3.8, 4) is 11.5 Å². The predicted molar refractivity (Wildman–Crippen MR) is 143 cm³/mol. The molecule has 0 spiro atoms. The van der Waals surface area contributed by atoms with Crippen molar-refractivity contribution >= 4 is 51.7 Å². The van der Waals surface area contributed by atoms with Crippen LogP contribution >= 0.6 is 24.0 Å². The Bertz CT molecular complexity index is 1490. The Morgan fingerprint density at radius 1 is 1.19 bits per heavy atom. The number of thioether (sulfide) groups is 1. The van der Waals surface area contributed by atoms with Crippen molar-refractivity contribution in [2.45, 2.75) is 45.2 Å². The number of anilines is 1. The molecule has 0 bridgehead atoms. The van der Waals surface area contributed by atoms with Crippen LogP contribution in [0.5, 0.6) is 11.5 Å². The first-order valence-corrected chi connectivity index (χ1v) is 13.1. The van der Waals surface area contributed by atoms with Gasteiger partial charge in [0, 0.05) is 12.2 Å². The molecule has 1 saturated heterocycles. The fourth-order valence-electron chi connectivity index (χ4n) is 4.80. The lowest BCUT2D eigenvalue weighted by atomic mass is 10.2. The molecule has 184 valence electrons. The van der Waals surface area contributed by atoms with E-state index in [1.54, 1.807) is 17.2 Å². The van der Waals surface area contributed by atoms with E-state index in [1.165, 1.54) is 16.2 Å². The van der Waals surface area contributed by atoms with Gasteiger partial charge < -0.3 is 14.8 Å². The van der Waals surface area contributed by atoms with Gasteiger partial charge in [0.2, 0.25) is 6.79 Å². The molecular formula is C26H24N4O4S2. The highest BCUT2D eigenvalue weighted by Gasteiger charge is 2.33. The number of pyridine rings is 1. The van der Waals surface area contributed by atoms with Crippen LogP contribution < -0.4 is 20.3 Å². The Morgan fingerprint density at radius 3 is 2.83 bits per heavy atom. The largest absolute Gasteiger partial charge is 0.454 e.